The average molecular weight is 194 g/mol. The van der Waals surface area contributed by atoms with Gasteiger partial charge in [0.2, 0.25) is 0 Å². The van der Waals surface area contributed by atoms with Crippen LogP contribution in [0.2, 0.25) is 0 Å². The van der Waals surface area contributed by atoms with E-state index in [9.17, 15) is 0 Å². The van der Waals surface area contributed by atoms with Crippen LogP contribution in [0.3, 0.4) is 0 Å². The monoisotopic (exact) mass is 194 g/mol. The molecule has 0 N–H and O–H groups in total. The average Bonchev–Trinajstić information content (AvgIpc) is 2.81. The Morgan fingerprint density at radius 2 is 2.00 bits per heavy atom. The Labute approximate surface area is 89.8 Å². The molecule has 0 radical (unpaired) electrons. The summed E-state index contributed by atoms with van der Waals surface area (Å²) in [7, 11) is 0. The fourth-order valence-electron chi connectivity index (χ4n) is 2.60. The molecule has 0 nitrogen and oxygen atoms in total. The van der Waals surface area contributed by atoms with E-state index in [1.165, 1.54) is 31.3 Å². The molecule has 1 rings (SSSR count). The molecule has 4 unspecified atom stereocenters. The summed E-state index contributed by atoms with van der Waals surface area (Å²) in [5, 5.41) is 0. The van der Waals surface area contributed by atoms with E-state index < -0.39 is 0 Å². The molecule has 0 aromatic rings. The van der Waals surface area contributed by atoms with E-state index >= 15 is 0 Å². The molecule has 0 saturated heterocycles. The summed E-state index contributed by atoms with van der Waals surface area (Å²) in [6.45, 7) is 13.6. The second-order valence-electron chi connectivity index (χ2n) is 5.42. The van der Waals surface area contributed by atoms with Crippen molar-refractivity contribution in [2.75, 3.05) is 0 Å². The van der Waals surface area contributed by atoms with E-state index in [2.05, 4.69) is 34.3 Å². The van der Waals surface area contributed by atoms with Crippen LogP contribution in [-0.4, -0.2) is 0 Å². The third-order valence-corrected chi connectivity index (χ3v) is 3.96. The van der Waals surface area contributed by atoms with Gasteiger partial charge in [0.15, 0.2) is 0 Å². The van der Waals surface area contributed by atoms with Gasteiger partial charge >= 0.3 is 0 Å². The Balaban J connectivity index is 2.26. The summed E-state index contributed by atoms with van der Waals surface area (Å²) in [5.74, 6) is 3.74. The van der Waals surface area contributed by atoms with E-state index in [0.29, 0.717) is 0 Å². The third-order valence-electron chi connectivity index (χ3n) is 3.96. The maximum absolute atomic E-state index is 4.17. The van der Waals surface area contributed by atoms with E-state index in [1.807, 2.05) is 0 Å². The fourth-order valence-corrected chi connectivity index (χ4v) is 2.60. The number of allylic oxidation sites excluding steroid dienone is 1. The molecule has 0 aliphatic heterocycles. The predicted molar refractivity (Wildman–Crippen MR) is 64.3 cm³/mol. The van der Waals surface area contributed by atoms with Gasteiger partial charge in [-0.15, -0.1) is 0 Å². The molecule has 1 aliphatic rings. The second-order valence-corrected chi connectivity index (χ2v) is 5.42. The highest BCUT2D eigenvalue weighted by atomic mass is 14.4. The van der Waals surface area contributed by atoms with Crippen molar-refractivity contribution in [2.24, 2.45) is 23.7 Å². The molecule has 0 aromatic heterocycles. The van der Waals surface area contributed by atoms with Gasteiger partial charge in [-0.3, -0.25) is 0 Å². The Bertz CT molecular complexity index is 192. The molecule has 0 aromatic carbocycles. The summed E-state index contributed by atoms with van der Waals surface area (Å²) < 4.78 is 0. The molecule has 1 saturated carbocycles. The highest BCUT2D eigenvalue weighted by molar-refractivity contribution is 4.98. The van der Waals surface area contributed by atoms with Crippen LogP contribution in [0.15, 0.2) is 12.2 Å². The molecule has 14 heavy (non-hydrogen) atoms. The number of rotatable bonds is 6. The Hall–Kier alpha value is -0.260. The molecule has 0 spiro atoms. The highest BCUT2D eigenvalue weighted by Crippen LogP contribution is 2.47. The summed E-state index contributed by atoms with van der Waals surface area (Å²) in [6.07, 6.45) is 5.18. The molecule has 0 amide bonds. The third kappa shape index (κ3) is 3.15. The van der Waals surface area contributed by atoms with Crippen LogP contribution in [0.4, 0.5) is 0 Å². The van der Waals surface area contributed by atoms with Crippen molar-refractivity contribution < 1.29 is 0 Å². The molecular formula is C14H26. The van der Waals surface area contributed by atoms with Crippen LogP contribution in [0.5, 0.6) is 0 Å². The standard InChI is InChI=1S/C14H26/c1-6-7-10(2)8-11(3)13(5)14-9-12(14)4/h11-14H,2,6-9H2,1,3-5H3. The van der Waals surface area contributed by atoms with Gasteiger partial charge < -0.3 is 0 Å². The van der Waals surface area contributed by atoms with Crippen LogP contribution >= 0.6 is 0 Å². The lowest BCUT2D eigenvalue weighted by Gasteiger charge is -2.20. The van der Waals surface area contributed by atoms with Gasteiger partial charge in [-0.2, -0.15) is 0 Å². The molecular weight excluding hydrogens is 168 g/mol. The largest absolute Gasteiger partial charge is 0.0999 e. The van der Waals surface area contributed by atoms with Crippen LogP contribution in [0.1, 0.15) is 53.4 Å². The minimum atomic E-state index is 0.837. The maximum Gasteiger partial charge on any atom is -0.0294 e. The molecule has 0 heterocycles. The van der Waals surface area contributed by atoms with Gasteiger partial charge in [-0.05, 0) is 42.9 Å². The van der Waals surface area contributed by atoms with Crippen LogP contribution in [-0.2, 0) is 0 Å². The summed E-state index contributed by atoms with van der Waals surface area (Å²) in [4.78, 5) is 0. The van der Waals surface area contributed by atoms with E-state index in [4.69, 9.17) is 0 Å². The van der Waals surface area contributed by atoms with E-state index in [0.717, 1.165) is 23.7 Å². The van der Waals surface area contributed by atoms with Gasteiger partial charge in [0, 0.05) is 0 Å². The van der Waals surface area contributed by atoms with Crippen molar-refractivity contribution in [1.82, 2.24) is 0 Å². The maximum atomic E-state index is 4.17. The van der Waals surface area contributed by atoms with Crippen molar-refractivity contribution >= 4 is 0 Å². The first-order valence-corrected chi connectivity index (χ1v) is 6.22. The molecule has 1 fully saturated rings. The van der Waals surface area contributed by atoms with Crippen molar-refractivity contribution in [3.8, 4) is 0 Å². The quantitative estimate of drug-likeness (QED) is 0.539. The molecule has 0 bridgehead atoms. The fraction of sp³-hybridized carbons (Fsp3) is 0.857. The van der Waals surface area contributed by atoms with Crippen molar-refractivity contribution in [2.45, 2.75) is 53.4 Å². The zero-order chi connectivity index (χ0) is 10.7. The summed E-state index contributed by atoms with van der Waals surface area (Å²) in [6, 6.07) is 0. The van der Waals surface area contributed by atoms with Gasteiger partial charge in [-0.1, -0.05) is 46.3 Å². The topological polar surface area (TPSA) is 0 Å². The van der Waals surface area contributed by atoms with Gasteiger partial charge in [0.1, 0.15) is 0 Å². The van der Waals surface area contributed by atoms with Gasteiger partial charge in [0.05, 0.1) is 0 Å². The Morgan fingerprint density at radius 1 is 1.43 bits per heavy atom. The van der Waals surface area contributed by atoms with Gasteiger partial charge in [-0.25, -0.2) is 0 Å². The zero-order valence-electron chi connectivity index (χ0n) is 10.3. The molecule has 1 aliphatic carbocycles. The zero-order valence-corrected chi connectivity index (χ0v) is 10.3. The van der Waals surface area contributed by atoms with Crippen LogP contribution in [0.25, 0.3) is 0 Å². The molecule has 82 valence electrons. The predicted octanol–water partition coefficient (Wildman–Crippen LogP) is 4.66. The molecule has 4 atom stereocenters. The van der Waals surface area contributed by atoms with Crippen molar-refractivity contribution in [1.29, 1.82) is 0 Å². The smallest absolute Gasteiger partial charge is 0.0294 e. The van der Waals surface area contributed by atoms with Gasteiger partial charge in [0.25, 0.3) is 0 Å². The lowest BCUT2D eigenvalue weighted by Crippen LogP contribution is -2.11. The first-order chi connectivity index (χ1) is 6.56. The molecule has 0 heteroatoms. The summed E-state index contributed by atoms with van der Waals surface area (Å²) in [5.41, 5.74) is 1.46. The lowest BCUT2D eigenvalue weighted by molar-refractivity contribution is 0.330. The minimum Gasteiger partial charge on any atom is -0.0999 e. The number of hydrogen-bond donors (Lipinski definition) is 0. The van der Waals surface area contributed by atoms with Crippen LogP contribution in [0, 0.1) is 23.7 Å². The normalized spacial score (nSPS) is 29.7. The minimum absolute atomic E-state index is 0.837. The SMILES string of the molecule is C=C(CCC)CC(C)C(C)C1CC1C. The van der Waals surface area contributed by atoms with Crippen molar-refractivity contribution in [3.63, 3.8) is 0 Å². The van der Waals surface area contributed by atoms with Crippen LogP contribution < -0.4 is 0 Å². The van der Waals surface area contributed by atoms with E-state index in [-0.39, 0.29) is 0 Å². The van der Waals surface area contributed by atoms with Crippen molar-refractivity contribution in [3.05, 3.63) is 12.2 Å². The number of hydrogen-bond acceptors (Lipinski definition) is 0. The highest BCUT2D eigenvalue weighted by Gasteiger charge is 2.38. The lowest BCUT2D eigenvalue weighted by atomic mass is 9.85. The first kappa shape index (κ1) is 11.8. The Kier molecular flexibility index (Phi) is 4.22. The first-order valence-electron chi connectivity index (χ1n) is 6.22. The second kappa shape index (κ2) is 5.00. The summed E-state index contributed by atoms with van der Waals surface area (Å²) >= 11 is 0. The van der Waals surface area contributed by atoms with E-state index in [1.54, 1.807) is 0 Å². The Morgan fingerprint density at radius 3 is 2.43 bits per heavy atom.